The zero-order valence-electron chi connectivity index (χ0n) is 19.7. The van der Waals surface area contributed by atoms with Crippen molar-refractivity contribution in [1.29, 1.82) is 0 Å². The van der Waals surface area contributed by atoms with Crippen molar-refractivity contribution >= 4 is 23.5 Å². The molecular formula is C27H26ClNO6. The summed E-state index contributed by atoms with van der Waals surface area (Å²) in [6, 6.07) is 19.3. The van der Waals surface area contributed by atoms with Gasteiger partial charge in [-0.05, 0) is 66.1 Å². The van der Waals surface area contributed by atoms with Crippen LogP contribution in [0.1, 0.15) is 27.5 Å². The fourth-order valence-electron chi connectivity index (χ4n) is 4.12. The lowest BCUT2D eigenvalue weighted by Gasteiger charge is -2.47. The molecule has 0 radical (unpaired) electrons. The molecule has 0 aromatic heterocycles. The SMILES string of the molecule is COC(=O)c1ccc([C@H]2[C@H](Oc3ccc(Cl)cc3)C(=O)N2CCc2ccc(OC)c(OC)c2)cc1. The summed E-state index contributed by atoms with van der Waals surface area (Å²) in [6.45, 7) is 0.484. The molecule has 8 heteroatoms. The van der Waals surface area contributed by atoms with Gasteiger partial charge in [0, 0.05) is 11.6 Å². The second-order valence-corrected chi connectivity index (χ2v) is 8.46. The predicted octanol–water partition coefficient (Wildman–Crippen LogP) is 4.72. The van der Waals surface area contributed by atoms with Gasteiger partial charge in [-0.25, -0.2) is 4.79 Å². The number of rotatable bonds is 9. The average Bonchev–Trinajstić information content (AvgIpc) is 2.90. The van der Waals surface area contributed by atoms with Crippen LogP contribution in [0.5, 0.6) is 17.2 Å². The molecule has 1 aliphatic heterocycles. The summed E-state index contributed by atoms with van der Waals surface area (Å²) < 4.78 is 21.5. The van der Waals surface area contributed by atoms with E-state index in [2.05, 4.69) is 0 Å². The molecule has 1 saturated heterocycles. The Morgan fingerprint density at radius 3 is 2.23 bits per heavy atom. The standard InChI is InChI=1S/C27H26ClNO6/c1-32-22-13-4-17(16-23(22)33-2)14-15-29-24(18-5-7-19(8-6-18)27(31)34-3)25(26(29)30)35-21-11-9-20(28)10-12-21/h4-13,16,24-25H,14-15H2,1-3H3/t24-,25-/m0/s1. The third-order valence-corrected chi connectivity index (χ3v) is 6.24. The fourth-order valence-corrected chi connectivity index (χ4v) is 4.24. The maximum absolute atomic E-state index is 13.1. The summed E-state index contributed by atoms with van der Waals surface area (Å²) in [5.74, 6) is 1.32. The van der Waals surface area contributed by atoms with Crippen LogP contribution in [0.2, 0.25) is 5.02 Å². The number of hydrogen-bond acceptors (Lipinski definition) is 6. The van der Waals surface area contributed by atoms with E-state index in [4.69, 9.17) is 30.5 Å². The molecule has 3 aromatic rings. The number of benzene rings is 3. The number of esters is 1. The van der Waals surface area contributed by atoms with Crippen LogP contribution in [0.4, 0.5) is 0 Å². The second-order valence-electron chi connectivity index (χ2n) is 8.02. The van der Waals surface area contributed by atoms with Gasteiger partial charge in [-0.15, -0.1) is 0 Å². The first-order chi connectivity index (χ1) is 16.9. The molecule has 0 bridgehead atoms. The molecule has 7 nitrogen and oxygen atoms in total. The first kappa shape index (κ1) is 24.4. The molecule has 3 aromatic carbocycles. The Labute approximate surface area is 209 Å². The number of methoxy groups -OCH3 is 3. The van der Waals surface area contributed by atoms with Gasteiger partial charge in [-0.3, -0.25) is 4.79 Å². The van der Waals surface area contributed by atoms with Crippen molar-refractivity contribution < 1.29 is 28.5 Å². The van der Waals surface area contributed by atoms with E-state index in [-0.39, 0.29) is 11.9 Å². The van der Waals surface area contributed by atoms with Crippen LogP contribution in [-0.2, 0) is 16.0 Å². The first-order valence-electron chi connectivity index (χ1n) is 11.1. The maximum Gasteiger partial charge on any atom is 0.337 e. The summed E-state index contributed by atoms with van der Waals surface area (Å²) in [7, 11) is 4.52. The highest BCUT2D eigenvalue weighted by Gasteiger charge is 2.49. The Morgan fingerprint density at radius 1 is 0.914 bits per heavy atom. The number of ether oxygens (including phenoxy) is 4. The van der Waals surface area contributed by atoms with Gasteiger partial charge in [0.2, 0.25) is 6.10 Å². The van der Waals surface area contributed by atoms with Gasteiger partial charge in [0.05, 0.1) is 26.9 Å². The van der Waals surface area contributed by atoms with Gasteiger partial charge in [0.25, 0.3) is 5.91 Å². The van der Waals surface area contributed by atoms with Crippen molar-refractivity contribution in [2.24, 2.45) is 0 Å². The molecule has 4 rings (SSSR count). The van der Waals surface area contributed by atoms with Crippen molar-refractivity contribution in [2.75, 3.05) is 27.9 Å². The van der Waals surface area contributed by atoms with E-state index in [0.717, 1.165) is 11.1 Å². The van der Waals surface area contributed by atoms with Gasteiger partial charge >= 0.3 is 5.97 Å². The summed E-state index contributed by atoms with van der Waals surface area (Å²) in [4.78, 5) is 26.8. The van der Waals surface area contributed by atoms with Crippen LogP contribution < -0.4 is 14.2 Å². The van der Waals surface area contributed by atoms with Crippen LogP contribution >= 0.6 is 11.6 Å². The van der Waals surface area contributed by atoms with E-state index in [1.807, 2.05) is 30.3 Å². The largest absolute Gasteiger partial charge is 0.493 e. The summed E-state index contributed by atoms with van der Waals surface area (Å²) in [6.07, 6.45) is -0.0678. The van der Waals surface area contributed by atoms with Crippen molar-refractivity contribution in [3.05, 3.63) is 88.4 Å². The lowest BCUT2D eigenvalue weighted by Crippen LogP contribution is -2.61. The highest BCUT2D eigenvalue weighted by atomic mass is 35.5. The third-order valence-electron chi connectivity index (χ3n) is 5.99. The van der Waals surface area contributed by atoms with Crippen molar-refractivity contribution in [2.45, 2.75) is 18.6 Å². The molecule has 1 fully saturated rings. The van der Waals surface area contributed by atoms with Crippen LogP contribution in [0.3, 0.4) is 0 Å². The van der Waals surface area contributed by atoms with Gasteiger partial charge in [0.15, 0.2) is 11.5 Å². The second kappa shape index (κ2) is 10.7. The Balaban J connectivity index is 1.55. The van der Waals surface area contributed by atoms with E-state index < -0.39 is 12.1 Å². The number of β-lactam (4-membered cyclic amide) rings is 1. The van der Waals surface area contributed by atoms with Crippen LogP contribution in [0.15, 0.2) is 66.7 Å². The molecule has 0 spiro atoms. The fraction of sp³-hybridized carbons (Fsp3) is 0.259. The van der Waals surface area contributed by atoms with Crippen LogP contribution in [0.25, 0.3) is 0 Å². The maximum atomic E-state index is 13.1. The first-order valence-corrected chi connectivity index (χ1v) is 11.4. The molecule has 2 atom stereocenters. The summed E-state index contributed by atoms with van der Waals surface area (Å²) >= 11 is 5.98. The number of carbonyl (C=O) groups excluding carboxylic acids is 2. The van der Waals surface area contributed by atoms with Gasteiger partial charge < -0.3 is 23.8 Å². The van der Waals surface area contributed by atoms with E-state index >= 15 is 0 Å². The molecule has 0 unspecified atom stereocenters. The molecule has 1 aliphatic rings. The molecule has 0 saturated carbocycles. The van der Waals surface area contributed by atoms with Gasteiger partial charge in [-0.2, -0.15) is 0 Å². The number of amides is 1. The molecular weight excluding hydrogens is 470 g/mol. The minimum Gasteiger partial charge on any atom is -0.493 e. The summed E-state index contributed by atoms with van der Waals surface area (Å²) in [5.41, 5.74) is 2.31. The number of nitrogens with zero attached hydrogens (tertiary/aromatic N) is 1. The quantitative estimate of drug-likeness (QED) is 0.316. The topological polar surface area (TPSA) is 74.3 Å². The van der Waals surface area contributed by atoms with Gasteiger partial charge in [-0.1, -0.05) is 29.8 Å². The Hall–Kier alpha value is -3.71. The highest BCUT2D eigenvalue weighted by Crippen LogP contribution is 2.38. The lowest BCUT2D eigenvalue weighted by molar-refractivity contribution is -0.164. The number of likely N-dealkylation sites (tertiary alicyclic amines) is 1. The number of carbonyl (C=O) groups is 2. The smallest absolute Gasteiger partial charge is 0.337 e. The molecule has 1 amide bonds. The average molecular weight is 496 g/mol. The normalized spacial score (nSPS) is 16.9. The Bertz CT molecular complexity index is 1200. The Kier molecular flexibility index (Phi) is 7.46. The minimum absolute atomic E-state index is 0.109. The van der Waals surface area contributed by atoms with Gasteiger partial charge in [0.1, 0.15) is 11.8 Å². The van der Waals surface area contributed by atoms with E-state index in [1.54, 1.807) is 55.5 Å². The van der Waals surface area contributed by atoms with Crippen molar-refractivity contribution in [1.82, 2.24) is 4.90 Å². The molecule has 35 heavy (non-hydrogen) atoms. The van der Waals surface area contributed by atoms with E-state index in [0.29, 0.717) is 40.8 Å². The minimum atomic E-state index is -0.689. The number of hydrogen-bond donors (Lipinski definition) is 0. The van der Waals surface area contributed by atoms with E-state index in [9.17, 15) is 9.59 Å². The predicted molar refractivity (Wildman–Crippen MR) is 131 cm³/mol. The van der Waals surface area contributed by atoms with E-state index in [1.165, 1.54) is 7.11 Å². The highest BCUT2D eigenvalue weighted by molar-refractivity contribution is 6.30. The molecule has 0 N–H and O–H groups in total. The molecule has 182 valence electrons. The molecule has 0 aliphatic carbocycles. The lowest BCUT2D eigenvalue weighted by atomic mass is 9.89. The van der Waals surface area contributed by atoms with Crippen LogP contribution in [-0.4, -0.2) is 50.8 Å². The number of halogens is 1. The zero-order valence-corrected chi connectivity index (χ0v) is 20.5. The third kappa shape index (κ3) is 5.20. The van der Waals surface area contributed by atoms with Crippen molar-refractivity contribution in [3.63, 3.8) is 0 Å². The summed E-state index contributed by atoms with van der Waals surface area (Å²) in [5, 5.41) is 0.587. The van der Waals surface area contributed by atoms with Crippen molar-refractivity contribution in [3.8, 4) is 17.2 Å². The molecule has 1 heterocycles. The zero-order chi connectivity index (χ0) is 24.9. The monoisotopic (exact) mass is 495 g/mol. The van der Waals surface area contributed by atoms with Crippen LogP contribution in [0, 0.1) is 0 Å². The Morgan fingerprint density at radius 2 is 1.60 bits per heavy atom.